The van der Waals surface area contributed by atoms with Gasteiger partial charge < -0.3 is 14.4 Å². The van der Waals surface area contributed by atoms with Crippen LogP contribution < -0.4 is 14.4 Å². The number of anilines is 1. The lowest BCUT2D eigenvalue weighted by Gasteiger charge is -2.36. The fraction of sp³-hybridized carbons (Fsp3) is 0.333. The van der Waals surface area contributed by atoms with Gasteiger partial charge in [-0.2, -0.15) is 4.31 Å². The summed E-state index contributed by atoms with van der Waals surface area (Å²) in [6.07, 6.45) is 0. The predicted octanol–water partition coefficient (Wildman–Crippen LogP) is 2.87. The Labute approximate surface area is 158 Å². The van der Waals surface area contributed by atoms with Crippen molar-refractivity contribution < 1.29 is 17.9 Å². The molecule has 0 saturated carbocycles. The number of para-hydroxylation sites is 2. The number of hydrogen-bond donors (Lipinski definition) is 0. The van der Waals surface area contributed by atoms with Gasteiger partial charge in [-0.05, 0) is 30.3 Å². The quantitative estimate of drug-likeness (QED) is 0.777. The second kappa shape index (κ2) is 7.73. The van der Waals surface area contributed by atoms with Gasteiger partial charge in [0.05, 0.1) is 19.9 Å². The molecule has 0 amide bonds. The van der Waals surface area contributed by atoms with Gasteiger partial charge in [-0.3, -0.25) is 0 Å². The van der Waals surface area contributed by atoms with Gasteiger partial charge in [0.1, 0.15) is 16.4 Å². The minimum absolute atomic E-state index is 0.0956. The Bertz CT molecular complexity index is 881. The van der Waals surface area contributed by atoms with Gasteiger partial charge in [0, 0.05) is 31.2 Å². The fourth-order valence-electron chi connectivity index (χ4n) is 3.05. The lowest BCUT2D eigenvalue weighted by atomic mass is 10.2. The number of piperazine rings is 1. The number of sulfonamides is 1. The summed E-state index contributed by atoms with van der Waals surface area (Å²) in [5.41, 5.74) is 0.965. The molecule has 0 aliphatic carbocycles. The predicted molar refractivity (Wildman–Crippen MR) is 102 cm³/mol. The van der Waals surface area contributed by atoms with Crippen LogP contribution in [0.5, 0.6) is 11.5 Å². The van der Waals surface area contributed by atoms with Crippen LogP contribution in [0.4, 0.5) is 5.69 Å². The molecule has 140 valence electrons. The first-order valence-corrected chi connectivity index (χ1v) is 10.0. The second-order valence-corrected chi connectivity index (χ2v) is 8.20. The summed E-state index contributed by atoms with van der Waals surface area (Å²) in [6, 6.07) is 12.3. The zero-order valence-corrected chi connectivity index (χ0v) is 16.3. The van der Waals surface area contributed by atoms with E-state index in [9.17, 15) is 8.42 Å². The molecule has 8 heteroatoms. The first-order valence-electron chi connectivity index (χ1n) is 8.19. The zero-order valence-electron chi connectivity index (χ0n) is 14.7. The molecular weight excluding hydrogens is 376 g/mol. The monoisotopic (exact) mass is 396 g/mol. The molecule has 6 nitrogen and oxygen atoms in total. The Morgan fingerprint density at radius 2 is 1.58 bits per heavy atom. The minimum atomic E-state index is -3.68. The van der Waals surface area contributed by atoms with E-state index in [0.29, 0.717) is 37.0 Å². The molecule has 3 rings (SSSR count). The minimum Gasteiger partial charge on any atom is -0.495 e. The molecule has 0 radical (unpaired) electrons. The largest absolute Gasteiger partial charge is 0.495 e. The standard InChI is InChI=1S/C18H21ClN2O4S/c1-24-16-6-4-3-5-15(16)20-9-11-21(12-10-20)26(22,23)18-13-14(19)7-8-17(18)25-2/h3-8,13H,9-12H2,1-2H3. The molecule has 0 spiro atoms. The van der Waals surface area contributed by atoms with Gasteiger partial charge in [0.2, 0.25) is 10.0 Å². The maximum Gasteiger partial charge on any atom is 0.246 e. The summed E-state index contributed by atoms with van der Waals surface area (Å²) in [5.74, 6) is 1.07. The van der Waals surface area contributed by atoms with E-state index in [1.54, 1.807) is 19.2 Å². The molecule has 2 aromatic rings. The summed E-state index contributed by atoms with van der Waals surface area (Å²) < 4.78 is 38.1. The van der Waals surface area contributed by atoms with Gasteiger partial charge in [-0.25, -0.2) is 8.42 Å². The average molecular weight is 397 g/mol. The molecule has 1 aliphatic heterocycles. The maximum absolute atomic E-state index is 13.0. The van der Waals surface area contributed by atoms with Crippen LogP contribution in [0.1, 0.15) is 0 Å². The van der Waals surface area contributed by atoms with Crippen LogP contribution >= 0.6 is 11.6 Å². The highest BCUT2D eigenvalue weighted by Crippen LogP contribution is 2.32. The molecule has 0 aromatic heterocycles. The number of hydrogen-bond acceptors (Lipinski definition) is 5. The van der Waals surface area contributed by atoms with Gasteiger partial charge >= 0.3 is 0 Å². The first-order chi connectivity index (χ1) is 12.5. The summed E-state index contributed by atoms with van der Waals surface area (Å²) in [6.45, 7) is 1.89. The number of nitrogens with zero attached hydrogens (tertiary/aromatic N) is 2. The lowest BCUT2D eigenvalue weighted by Crippen LogP contribution is -2.48. The van der Waals surface area contributed by atoms with E-state index >= 15 is 0 Å². The summed E-state index contributed by atoms with van der Waals surface area (Å²) in [4.78, 5) is 2.22. The van der Waals surface area contributed by atoms with E-state index in [1.165, 1.54) is 17.5 Å². The highest BCUT2D eigenvalue weighted by molar-refractivity contribution is 7.89. The Morgan fingerprint density at radius 3 is 2.23 bits per heavy atom. The number of halogens is 1. The Kier molecular flexibility index (Phi) is 5.60. The van der Waals surface area contributed by atoms with Crippen LogP contribution in [0.25, 0.3) is 0 Å². The van der Waals surface area contributed by atoms with Gasteiger partial charge in [0.25, 0.3) is 0 Å². The van der Waals surface area contributed by atoms with Gasteiger partial charge in [-0.1, -0.05) is 23.7 Å². The molecule has 1 heterocycles. The van der Waals surface area contributed by atoms with Gasteiger partial charge in [-0.15, -0.1) is 0 Å². The van der Waals surface area contributed by atoms with E-state index in [0.717, 1.165) is 11.4 Å². The van der Waals surface area contributed by atoms with Crippen LogP contribution in [0, 0.1) is 0 Å². The molecule has 0 unspecified atom stereocenters. The van der Waals surface area contributed by atoms with E-state index < -0.39 is 10.0 Å². The van der Waals surface area contributed by atoms with Crippen molar-refractivity contribution in [2.24, 2.45) is 0 Å². The Morgan fingerprint density at radius 1 is 0.923 bits per heavy atom. The molecule has 1 fully saturated rings. The molecule has 2 aromatic carbocycles. The highest BCUT2D eigenvalue weighted by atomic mass is 35.5. The Balaban J connectivity index is 1.80. The number of rotatable bonds is 5. The third-order valence-corrected chi connectivity index (χ3v) is 6.56. The topological polar surface area (TPSA) is 59.1 Å². The van der Waals surface area contributed by atoms with Crippen LogP contribution in [-0.2, 0) is 10.0 Å². The number of benzene rings is 2. The summed E-state index contributed by atoms with van der Waals surface area (Å²) >= 11 is 5.99. The zero-order chi connectivity index (χ0) is 18.7. The van der Waals surface area contributed by atoms with Crippen LogP contribution in [-0.4, -0.2) is 53.1 Å². The second-order valence-electron chi connectivity index (χ2n) is 5.86. The molecule has 1 aliphatic rings. The molecule has 1 saturated heterocycles. The molecule has 26 heavy (non-hydrogen) atoms. The average Bonchev–Trinajstić information content (AvgIpc) is 2.68. The fourth-order valence-corrected chi connectivity index (χ4v) is 4.89. The molecule has 0 bridgehead atoms. The third kappa shape index (κ3) is 3.60. The van der Waals surface area contributed by atoms with Crippen LogP contribution in [0.3, 0.4) is 0 Å². The van der Waals surface area contributed by atoms with Crippen molar-refractivity contribution in [3.8, 4) is 11.5 Å². The first kappa shape index (κ1) is 18.8. The SMILES string of the molecule is COc1ccccc1N1CCN(S(=O)(=O)c2cc(Cl)ccc2OC)CC1. The molecule has 0 atom stereocenters. The Hall–Kier alpha value is -1.96. The van der Waals surface area contributed by atoms with Gasteiger partial charge in [0.15, 0.2) is 0 Å². The number of ether oxygens (including phenoxy) is 2. The molecular formula is C18H21ClN2O4S. The van der Waals surface area contributed by atoms with Crippen molar-refractivity contribution in [3.05, 3.63) is 47.5 Å². The number of methoxy groups -OCH3 is 2. The maximum atomic E-state index is 13.0. The van der Waals surface area contributed by atoms with Crippen LogP contribution in [0.2, 0.25) is 5.02 Å². The van der Waals surface area contributed by atoms with E-state index in [4.69, 9.17) is 21.1 Å². The van der Waals surface area contributed by atoms with Crippen LogP contribution in [0.15, 0.2) is 47.4 Å². The van der Waals surface area contributed by atoms with Crippen molar-refractivity contribution >= 4 is 27.3 Å². The normalized spacial score (nSPS) is 15.7. The van der Waals surface area contributed by atoms with Crippen molar-refractivity contribution in [3.63, 3.8) is 0 Å². The van der Waals surface area contributed by atoms with E-state index in [1.807, 2.05) is 24.3 Å². The summed E-state index contributed by atoms with van der Waals surface area (Å²) in [5, 5.41) is 0.358. The third-order valence-electron chi connectivity index (χ3n) is 4.41. The van der Waals surface area contributed by atoms with Crippen molar-refractivity contribution in [2.75, 3.05) is 45.3 Å². The van der Waals surface area contributed by atoms with E-state index in [-0.39, 0.29) is 4.90 Å². The van der Waals surface area contributed by atoms with Crippen molar-refractivity contribution in [2.45, 2.75) is 4.90 Å². The lowest BCUT2D eigenvalue weighted by molar-refractivity contribution is 0.370. The summed E-state index contributed by atoms with van der Waals surface area (Å²) in [7, 11) is -0.606. The highest BCUT2D eigenvalue weighted by Gasteiger charge is 2.31. The van der Waals surface area contributed by atoms with Crippen molar-refractivity contribution in [1.82, 2.24) is 4.31 Å². The molecule has 0 N–H and O–H groups in total. The van der Waals surface area contributed by atoms with Crippen molar-refractivity contribution in [1.29, 1.82) is 0 Å². The smallest absolute Gasteiger partial charge is 0.246 e. The van der Waals surface area contributed by atoms with E-state index in [2.05, 4.69) is 4.90 Å².